The molecule has 1 atom stereocenters. The minimum atomic E-state index is -0.455. The third kappa shape index (κ3) is 2.99. The van der Waals surface area contributed by atoms with E-state index in [2.05, 4.69) is 20.4 Å². The predicted molar refractivity (Wildman–Crippen MR) is 94.5 cm³/mol. The molecule has 3 N–H and O–H groups in total. The van der Waals surface area contributed by atoms with Gasteiger partial charge in [0.25, 0.3) is 11.5 Å². The topological polar surface area (TPSA) is 113 Å². The van der Waals surface area contributed by atoms with Gasteiger partial charge >= 0.3 is 0 Å². The summed E-state index contributed by atoms with van der Waals surface area (Å²) in [7, 11) is 1.81. The smallest absolute Gasteiger partial charge is 0.287 e. The molecule has 2 aromatic heterocycles. The van der Waals surface area contributed by atoms with Crippen molar-refractivity contribution in [3.8, 4) is 0 Å². The number of benzene rings is 1. The molecule has 0 spiro atoms. The number of hydrogen-bond donors (Lipinski definition) is 3. The second-order valence-corrected chi connectivity index (χ2v) is 6.72. The second-order valence-electron chi connectivity index (χ2n) is 6.72. The molecule has 2 heterocycles. The van der Waals surface area contributed by atoms with Crippen LogP contribution in [0.2, 0.25) is 0 Å². The van der Waals surface area contributed by atoms with Crippen molar-refractivity contribution in [2.75, 3.05) is 0 Å². The molecule has 0 radical (unpaired) electrons. The number of carbonyl (C=O) groups excluding carboxylic acids is 1. The Morgan fingerprint density at radius 1 is 1.38 bits per heavy atom. The summed E-state index contributed by atoms with van der Waals surface area (Å²) in [6.07, 6.45) is 4.43. The van der Waals surface area contributed by atoms with E-state index in [9.17, 15) is 14.7 Å². The van der Waals surface area contributed by atoms with Gasteiger partial charge in [0.05, 0.1) is 29.2 Å². The molecule has 3 aromatic rings. The Morgan fingerprint density at radius 3 is 2.85 bits per heavy atom. The van der Waals surface area contributed by atoms with Crippen LogP contribution in [0, 0.1) is 5.92 Å². The Morgan fingerprint density at radius 2 is 2.15 bits per heavy atom. The van der Waals surface area contributed by atoms with Crippen LogP contribution in [0.15, 0.2) is 41.5 Å². The average Bonchev–Trinajstić information content (AvgIpc) is 3.03. The zero-order valence-corrected chi connectivity index (χ0v) is 14.2. The first kappa shape index (κ1) is 16.5. The quantitative estimate of drug-likeness (QED) is 0.645. The minimum Gasteiger partial charge on any atom is -0.393 e. The van der Waals surface area contributed by atoms with Crippen molar-refractivity contribution in [2.24, 2.45) is 13.0 Å². The van der Waals surface area contributed by atoms with Crippen molar-refractivity contribution in [1.82, 2.24) is 25.1 Å². The summed E-state index contributed by atoms with van der Waals surface area (Å²) < 4.78 is 1.67. The van der Waals surface area contributed by atoms with Crippen LogP contribution >= 0.6 is 0 Å². The zero-order valence-electron chi connectivity index (χ0n) is 14.2. The molecule has 0 unspecified atom stereocenters. The number of para-hydroxylation sites is 1. The monoisotopic (exact) mass is 353 g/mol. The van der Waals surface area contributed by atoms with Crippen molar-refractivity contribution >= 4 is 16.8 Å². The lowest BCUT2D eigenvalue weighted by atomic mass is 9.75. The third-order valence-electron chi connectivity index (χ3n) is 4.82. The molecular weight excluding hydrogens is 334 g/mol. The van der Waals surface area contributed by atoms with Crippen molar-refractivity contribution in [1.29, 1.82) is 0 Å². The fourth-order valence-electron chi connectivity index (χ4n) is 3.38. The molecule has 1 saturated carbocycles. The predicted octanol–water partition coefficient (Wildman–Crippen LogP) is 0.899. The number of H-pyrrole nitrogens is 1. The van der Waals surface area contributed by atoms with Crippen molar-refractivity contribution in [3.63, 3.8) is 0 Å². The highest BCUT2D eigenvalue weighted by molar-refractivity contribution is 5.92. The highest BCUT2D eigenvalue weighted by Gasteiger charge is 2.36. The van der Waals surface area contributed by atoms with Gasteiger partial charge in [-0.1, -0.05) is 12.1 Å². The lowest BCUT2D eigenvalue weighted by Crippen LogP contribution is -2.42. The Hall–Kier alpha value is -3.00. The maximum absolute atomic E-state index is 12.7. The fourth-order valence-corrected chi connectivity index (χ4v) is 3.38. The summed E-state index contributed by atoms with van der Waals surface area (Å²) in [4.78, 5) is 31.7. The molecule has 8 nitrogen and oxygen atoms in total. The number of nitrogens with zero attached hydrogens (tertiary/aromatic N) is 3. The van der Waals surface area contributed by atoms with E-state index in [1.807, 2.05) is 6.20 Å². The molecule has 1 aliphatic carbocycles. The van der Waals surface area contributed by atoms with Crippen molar-refractivity contribution < 1.29 is 9.90 Å². The fraction of sp³-hybridized carbons (Fsp3) is 0.333. The summed E-state index contributed by atoms with van der Waals surface area (Å²) in [5.41, 5.74) is 0.983. The van der Waals surface area contributed by atoms with Crippen LogP contribution in [0.3, 0.4) is 0 Å². The number of amides is 1. The Kier molecular flexibility index (Phi) is 4.04. The van der Waals surface area contributed by atoms with Crippen LogP contribution in [0.25, 0.3) is 10.9 Å². The molecule has 0 saturated heterocycles. The normalized spacial score (nSPS) is 20.5. The molecule has 1 fully saturated rings. The van der Waals surface area contributed by atoms with Crippen molar-refractivity contribution in [3.05, 3.63) is 58.4 Å². The van der Waals surface area contributed by atoms with Crippen LogP contribution in [0.5, 0.6) is 0 Å². The molecule has 1 aromatic carbocycles. The van der Waals surface area contributed by atoms with Crippen LogP contribution in [-0.4, -0.2) is 36.9 Å². The van der Waals surface area contributed by atoms with E-state index >= 15 is 0 Å². The van der Waals surface area contributed by atoms with Gasteiger partial charge in [-0.05, 0) is 30.9 Å². The molecule has 1 aliphatic rings. The van der Waals surface area contributed by atoms with E-state index in [1.165, 1.54) is 0 Å². The van der Waals surface area contributed by atoms with Gasteiger partial charge < -0.3 is 15.4 Å². The van der Waals surface area contributed by atoms with Gasteiger partial charge in [0.1, 0.15) is 0 Å². The Balaban J connectivity index is 1.63. The van der Waals surface area contributed by atoms with E-state index in [0.717, 1.165) is 5.56 Å². The highest BCUT2D eigenvalue weighted by atomic mass is 16.3. The third-order valence-corrected chi connectivity index (χ3v) is 4.82. The van der Waals surface area contributed by atoms with Gasteiger partial charge in [-0.2, -0.15) is 5.10 Å². The number of aromatic amines is 1. The zero-order chi connectivity index (χ0) is 18.3. The van der Waals surface area contributed by atoms with Gasteiger partial charge in [-0.15, -0.1) is 0 Å². The molecule has 26 heavy (non-hydrogen) atoms. The summed E-state index contributed by atoms with van der Waals surface area (Å²) in [6.45, 7) is 0. The van der Waals surface area contributed by atoms with Crippen LogP contribution in [0.1, 0.15) is 35.1 Å². The van der Waals surface area contributed by atoms with Gasteiger partial charge in [-0.25, -0.2) is 4.98 Å². The average molecular weight is 353 g/mol. The lowest BCUT2D eigenvalue weighted by Gasteiger charge is -2.37. The summed E-state index contributed by atoms with van der Waals surface area (Å²) in [5, 5.41) is 17.2. The number of aryl methyl sites for hydroxylation is 1. The molecular formula is C18H19N5O3. The van der Waals surface area contributed by atoms with E-state index in [4.69, 9.17) is 0 Å². The van der Waals surface area contributed by atoms with Gasteiger partial charge in [0, 0.05) is 18.8 Å². The van der Waals surface area contributed by atoms with Crippen molar-refractivity contribution in [2.45, 2.75) is 25.0 Å². The maximum atomic E-state index is 12.7. The summed E-state index contributed by atoms with van der Waals surface area (Å²) in [6, 6.07) is 6.58. The van der Waals surface area contributed by atoms with E-state index in [1.54, 1.807) is 42.2 Å². The first-order chi connectivity index (χ1) is 12.5. The minimum absolute atomic E-state index is 0.0255. The Labute approximate surface area is 148 Å². The van der Waals surface area contributed by atoms with E-state index in [0.29, 0.717) is 23.7 Å². The number of nitrogens with one attached hydrogen (secondary N) is 2. The van der Waals surface area contributed by atoms with Gasteiger partial charge in [-0.3, -0.25) is 14.3 Å². The van der Waals surface area contributed by atoms with Gasteiger partial charge in [0.2, 0.25) is 0 Å². The van der Waals surface area contributed by atoms with Gasteiger partial charge in [0.15, 0.2) is 5.82 Å². The number of aliphatic hydroxyl groups excluding tert-OH is 1. The maximum Gasteiger partial charge on any atom is 0.287 e. The number of aliphatic hydroxyl groups is 1. The van der Waals surface area contributed by atoms with E-state index < -0.39 is 5.91 Å². The number of aromatic nitrogens is 4. The standard InChI is InChI=1S/C18H19N5O3/c1-23-9-11(8-19-23)15(10-6-12(24)7-10)21-18(26)16-20-14-5-3-2-4-13(14)17(25)22-16/h2-5,8-10,12,15,24H,6-7H2,1H3,(H,21,26)(H,20,22,25)/t10?,12?,15-/m0/s1. The lowest BCUT2D eigenvalue weighted by molar-refractivity contribution is 0.0234. The number of carbonyl (C=O) groups is 1. The first-order valence-corrected chi connectivity index (χ1v) is 8.48. The molecule has 0 bridgehead atoms. The molecule has 8 heteroatoms. The molecule has 0 aliphatic heterocycles. The van der Waals surface area contributed by atoms with Crippen LogP contribution < -0.4 is 10.9 Å². The second kappa shape index (κ2) is 6.38. The summed E-state index contributed by atoms with van der Waals surface area (Å²) in [5.74, 6) is -0.365. The summed E-state index contributed by atoms with van der Waals surface area (Å²) >= 11 is 0. The first-order valence-electron chi connectivity index (χ1n) is 8.48. The molecule has 4 rings (SSSR count). The highest BCUT2D eigenvalue weighted by Crippen LogP contribution is 2.38. The SMILES string of the molecule is Cn1cc([C@@H](NC(=O)c2nc3ccccc3c(=O)[nH]2)C2CC(O)C2)cn1. The van der Waals surface area contributed by atoms with Crippen LogP contribution in [0.4, 0.5) is 0 Å². The largest absolute Gasteiger partial charge is 0.393 e. The molecule has 1 amide bonds. The molecule has 134 valence electrons. The number of hydrogen-bond acceptors (Lipinski definition) is 5. The van der Waals surface area contributed by atoms with Crippen LogP contribution in [-0.2, 0) is 7.05 Å². The number of rotatable bonds is 4. The van der Waals surface area contributed by atoms with E-state index in [-0.39, 0.29) is 29.4 Å². The number of fused-ring (bicyclic) bond motifs is 1. The Bertz CT molecular complexity index is 1020.